The van der Waals surface area contributed by atoms with Gasteiger partial charge in [-0.05, 0) is 25.5 Å². The lowest BCUT2D eigenvalue weighted by Gasteiger charge is -2.16. The van der Waals surface area contributed by atoms with E-state index >= 15 is 0 Å². The first-order valence-electron chi connectivity index (χ1n) is 6.46. The van der Waals surface area contributed by atoms with Crippen molar-refractivity contribution in [3.63, 3.8) is 0 Å². The van der Waals surface area contributed by atoms with E-state index in [1.807, 2.05) is 0 Å². The van der Waals surface area contributed by atoms with Gasteiger partial charge in [0.2, 0.25) is 0 Å². The Labute approximate surface area is 113 Å². The maximum Gasteiger partial charge on any atom is 0.0897 e. The number of rotatable bonds is 6. The van der Waals surface area contributed by atoms with Gasteiger partial charge in [-0.15, -0.1) is 11.3 Å². The average Bonchev–Trinajstić information content (AvgIpc) is 2.76. The van der Waals surface area contributed by atoms with Crippen LogP contribution < -0.4 is 5.32 Å². The van der Waals surface area contributed by atoms with Gasteiger partial charge in [0.05, 0.1) is 10.7 Å². The fraction of sp³-hybridized carbons (Fsp3) is 0.400. The van der Waals surface area contributed by atoms with Crippen LogP contribution in [0.4, 0.5) is 0 Å². The molecule has 0 radical (unpaired) electrons. The highest BCUT2D eigenvalue weighted by Gasteiger charge is 2.11. The molecule has 18 heavy (non-hydrogen) atoms. The van der Waals surface area contributed by atoms with Gasteiger partial charge in [-0.1, -0.05) is 37.3 Å². The summed E-state index contributed by atoms with van der Waals surface area (Å²) >= 11 is 1.73. The first-order chi connectivity index (χ1) is 8.78. The molecule has 2 aromatic rings. The molecule has 0 fully saturated rings. The van der Waals surface area contributed by atoms with Crippen molar-refractivity contribution in [3.05, 3.63) is 52.0 Å². The minimum absolute atomic E-state index is 0.471. The zero-order valence-corrected chi connectivity index (χ0v) is 11.8. The molecule has 1 heterocycles. The van der Waals surface area contributed by atoms with E-state index in [2.05, 4.69) is 59.9 Å². The quantitative estimate of drug-likeness (QED) is 0.862. The number of aromatic nitrogens is 1. The highest BCUT2D eigenvalue weighted by Crippen LogP contribution is 2.12. The molecule has 0 spiro atoms. The summed E-state index contributed by atoms with van der Waals surface area (Å²) in [7, 11) is 0. The van der Waals surface area contributed by atoms with Gasteiger partial charge in [0, 0.05) is 17.8 Å². The van der Waals surface area contributed by atoms with Gasteiger partial charge < -0.3 is 5.32 Å². The van der Waals surface area contributed by atoms with Crippen LogP contribution in [0.25, 0.3) is 0 Å². The lowest BCUT2D eigenvalue weighted by atomic mass is 10.0. The maximum absolute atomic E-state index is 4.55. The van der Waals surface area contributed by atoms with E-state index < -0.39 is 0 Å². The molecule has 2 rings (SSSR count). The van der Waals surface area contributed by atoms with Gasteiger partial charge >= 0.3 is 0 Å². The molecule has 0 bridgehead atoms. The minimum Gasteiger partial charge on any atom is -0.314 e. The van der Waals surface area contributed by atoms with Gasteiger partial charge in [-0.2, -0.15) is 0 Å². The lowest BCUT2D eigenvalue weighted by Crippen LogP contribution is -2.33. The third kappa shape index (κ3) is 3.93. The zero-order valence-electron chi connectivity index (χ0n) is 11.0. The van der Waals surface area contributed by atoms with Gasteiger partial charge in [0.15, 0.2) is 0 Å². The molecule has 96 valence electrons. The Morgan fingerprint density at radius 1 is 1.22 bits per heavy atom. The average molecular weight is 260 g/mol. The van der Waals surface area contributed by atoms with E-state index in [0.29, 0.717) is 6.04 Å². The van der Waals surface area contributed by atoms with Crippen molar-refractivity contribution in [2.24, 2.45) is 0 Å². The molecule has 1 aromatic heterocycles. The fourth-order valence-corrected chi connectivity index (χ4v) is 2.78. The third-order valence-electron chi connectivity index (χ3n) is 2.94. The van der Waals surface area contributed by atoms with E-state index in [1.165, 1.54) is 11.3 Å². The number of aryl methyl sites for hydroxylation is 1. The van der Waals surface area contributed by atoms with Crippen molar-refractivity contribution in [1.29, 1.82) is 0 Å². The fourth-order valence-electron chi connectivity index (χ4n) is 2.16. The number of thiazole rings is 1. The Balaban J connectivity index is 1.99. The molecule has 1 N–H and O–H groups in total. The van der Waals surface area contributed by atoms with Crippen molar-refractivity contribution < 1.29 is 0 Å². The second-order valence-electron chi connectivity index (χ2n) is 4.51. The summed E-state index contributed by atoms with van der Waals surface area (Å²) in [6.07, 6.45) is 2.07. The molecular formula is C15H20N2S. The van der Waals surface area contributed by atoms with Crippen LogP contribution in [0.5, 0.6) is 0 Å². The van der Waals surface area contributed by atoms with E-state index in [1.54, 1.807) is 11.3 Å². The van der Waals surface area contributed by atoms with Crippen molar-refractivity contribution in [2.75, 3.05) is 6.54 Å². The second-order valence-corrected chi connectivity index (χ2v) is 5.57. The summed E-state index contributed by atoms with van der Waals surface area (Å²) in [4.78, 5) is 4.55. The number of nitrogens with one attached hydrogen (secondary N) is 1. The summed E-state index contributed by atoms with van der Waals surface area (Å²) < 4.78 is 0. The largest absolute Gasteiger partial charge is 0.314 e. The third-order valence-corrected chi connectivity index (χ3v) is 3.76. The highest BCUT2D eigenvalue weighted by molar-refractivity contribution is 7.09. The summed E-state index contributed by atoms with van der Waals surface area (Å²) in [5, 5.41) is 6.88. The predicted molar refractivity (Wildman–Crippen MR) is 78.2 cm³/mol. The molecule has 1 aromatic carbocycles. The Morgan fingerprint density at radius 3 is 2.61 bits per heavy atom. The summed E-state index contributed by atoms with van der Waals surface area (Å²) in [5.41, 5.74) is 2.59. The zero-order chi connectivity index (χ0) is 12.8. The molecule has 1 unspecified atom stereocenters. The van der Waals surface area contributed by atoms with E-state index in [4.69, 9.17) is 0 Å². The van der Waals surface area contributed by atoms with Crippen LogP contribution in [-0.2, 0) is 12.8 Å². The maximum atomic E-state index is 4.55. The van der Waals surface area contributed by atoms with E-state index in [9.17, 15) is 0 Å². The van der Waals surface area contributed by atoms with Crippen LogP contribution in [-0.4, -0.2) is 17.6 Å². The van der Waals surface area contributed by atoms with Crippen molar-refractivity contribution in [2.45, 2.75) is 32.7 Å². The molecule has 1 atom stereocenters. The smallest absolute Gasteiger partial charge is 0.0897 e. The SMILES string of the molecule is CCNC(Cc1ccccc1)Cc1csc(C)n1. The summed E-state index contributed by atoms with van der Waals surface area (Å²) in [6, 6.07) is 11.1. The number of hydrogen-bond donors (Lipinski definition) is 1. The number of nitrogens with zero attached hydrogens (tertiary/aromatic N) is 1. The first kappa shape index (κ1) is 13.2. The van der Waals surface area contributed by atoms with Gasteiger partial charge in [-0.25, -0.2) is 4.98 Å². The molecule has 0 saturated carbocycles. The topological polar surface area (TPSA) is 24.9 Å². The van der Waals surface area contributed by atoms with Crippen LogP contribution in [0.15, 0.2) is 35.7 Å². The Bertz CT molecular complexity index is 464. The Kier molecular flexibility index (Phi) is 4.90. The van der Waals surface area contributed by atoms with Gasteiger partial charge in [-0.3, -0.25) is 0 Å². The molecule has 2 nitrogen and oxygen atoms in total. The van der Waals surface area contributed by atoms with Crippen molar-refractivity contribution in [3.8, 4) is 0 Å². The van der Waals surface area contributed by atoms with Crippen LogP contribution in [0.2, 0.25) is 0 Å². The van der Waals surface area contributed by atoms with E-state index in [-0.39, 0.29) is 0 Å². The monoisotopic (exact) mass is 260 g/mol. The number of benzene rings is 1. The summed E-state index contributed by atoms with van der Waals surface area (Å²) in [5.74, 6) is 0. The minimum atomic E-state index is 0.471. The first-order valence-corrected chi connectivity index (χ1v) is 7.34. The normalized spacial score (nSPS) is 12.6. The van der Waals surface area contributed by atoms with Crippen molar-refractivity contribution in [1.82, 2.24) is 10.3 Å². The highest BCUT2D eigenvalue weighted by atomic mass is 32.1. The van der Waals surface area contributed by atoms with Crippen LogP contribution in [0.3, 0.4) is 0 Å². The van der Waals surface area contributed by atoms with Gasteiger partial charge in [0.25, 0.3) is 0 Å². The predicted octanol–water partition coefficient (Wildman–Crippen LogP) is 3.21. The van der Waals surface area contributed by atoms with Crippen LogP contribution in [0, 0.1) is 6.92 Å². The Morgan fingerprint density at radius 2 is 2.00 bits per heavy atom. The van der Waals surface area contributed by atoms with Crippen LogP contribution >= 0.6 is 11.3 Å². The molecule has 0 aliphatic heterocycles. The lowest BCUT2D eigenvalue weighted by molar-refractivity contribution is 0.517. The van der Waals surface area contributed by atoms with Gasteiger partial charge in [0.1, 0.15) is 0 Å². The van der Waals surface area contributed by atoms with Crippen molar-refractivity contribution >= 4 is 11.3 Å². The standard InChI is InChI=1S/C15H20N2S/c1-3-16-14(9-13-7-5-4-6-8-13)10-15-11-18-12(2)17-15/h4-8,11,14,16H,3,9-10H2,1-2H3. The second kappa shape index (κ2) is 6.66. The molecule has 3 heteroatoms. The molecule has 0 aliphatic rings. The Hall–Kier alpha value is -1.19. The molecule has 0 aliphatic carbocycles. The molecule has 0 saturated heterocycles. The number of hydrogen-bond acceptors (Lipinski definition) is 3. The number of likely N-dealkylation sites (N-methyl/N-ethyl adjacent to an activating group) is 1. The molecule has 0 amide bonds. The van der Waals surface area contributed by atoms with Crippen LogP contribution in [0.1, 0.15) is 23.2 Å². The molecular weight excluding hydrogens is 240 g/mol. The summed E-state index contributed by atoms with van der Waals surface area (Å²) in [6.45, 7) is 5.22. The van der Waals surface area contributed by atoms with E-state index in [0.717, 1.165) is 24.4 Å².